The van der Waals surface area contributed by atoms with Crippen LogP contribution >= 0.6 is 22.6 Å². The minimum absolute atomic E-state index is 0.149. The van der Waals surface area contributed by atoms with Crippen LogP contribution in [0.4, 0.5) is 11.4 Å². The summed E-state index contributed by atoms with van der Waals surface area (Å²) in [6, 6.07) is 14.8. The van der Waals surface area contributed by atoms with E-state index in [-0.39, 0.29) is 11.8 Å². The first kappa shape index (κ1) is 15.0. The van der Waals surface area contributed by atoms with Gasteiger partial charge in [-0.3, -0.25) is 9.59 Å². The molecule has 0 saturated carbocycles. The summed E-state index contributed by atoms with van der Waals surface area (Å²) >= 11 is 2.19. The highest BCUT2D eigenvalue weighted by atomic mass is 127. The molecule has 1 N–H and O–H groups in total. The van der Waals surface area contributed by atoms with E-state index in [0.717, 1.165) is 27.9 Å². The second kappa shape index (κ2) is 6.48. The van der Waals surface area contributed by atoms with Crippen LogP contribution < -0.4 is 10.2 Å². The highest BCUT2D eigenvalue weighted by molar-refractivity contribution is 14.1. The lowest BCUT2D eigenvalue weighted by Crippen LogP contribution is -2.23. The molecular weight excluding hydrogens is 391 g/mol. The maximum absolute atomic E-state index is 12.3. The average Bonchev–Trinajstić information content (AvgIpc) is 2.96. The number of amides is 2. The Kier molecular flexibility index (Phi) is 4.42. The number of carbonyl (C=O) groups excluding carboxylic acids is 2. The third-order valence-corrected chi connectivity index (χ3v) is 4.58. The van der Waals surface area contributed by atoms with E-state index in [1.807, 2.05) is 36.4 Å². The highest BCUT2D eigenvalue weighted by Crippen LogP contribution is 2.22. The van der Waals surface area contributed by atoms with Gasteiger partial charge in [-0.25, -0.2) is 0 Å². The van der Waals surface area contributed by atoms with Crippen molar-refractivity contribution < 1.29 is 9.59 Å². The number of hydrogen-bond donors (Lipinski definition) is 1. The standard InChI is InChI=1S/C17H15IN2O2/c18-14-4-1-2-5-15(14)19-17(22)12-7-9-13(10-8-12)20-11-3-6-16(20)21/h1-2,4-5,7-10H,3,6,11H2,(H,19,22). The Hall–Kier alpha value is -1.89. The van der Waals surface area contributed by atoms with Gasteiger partial charge >= 0.3 is 0 Å². The zero-order valence-electron chi connectivity index (χ0n) is 11.9. The van der Waals surface area contributed by atoms with Crippen molar-refractivity contribution in [3.8, 4) is 0 Å². The predicted molar refractivity (Wildman–Crippen MR) is 95.1 cm³/mol. The molecular formula is C17H15IN2O2. The van der Waals surface area contributed by atoms with Crippen molar-refractivity contribution in [1.82, 2.24) is 0 Å². The van der Waals surface area contributed by atoms with E-state index in [9.17, 15) is 9.59 Å². The molecule has 5 heteroatoms. The van der Waals surface area contributed by atoms with Crippen LogP contribution in [0.25, 0.3) is 0 Å². The molecule has 112 valence electrons. The SMILES string of the molecule is O=C(Nc1ccccc1I)c1ccc(N2CCCC2=O)cc1. The Bertz CT molecular complexity index is 713. The fraction of sp³-hybridized carbons (Fsp3) is 0.176. The molecule has 22 heavy (non-hydrogen) atoms. The Labute approximate surface area is 142 Å². The fourth-order valence-corrected chi connectivity index (χ4v) is 2.99. The van der Waals surface area contributed by atoms with Crippen LogP contribution in [0.5, 0.6) is 0 Å². The Morgan fingerprint density at radius 2 is 1.82 bits per heavy atom. The van der Waals surface area contributed by atoms with Crippen LogP contribution in [-0.2, 0) is 4.79 Å². The molecule has 2 aromatic carbocycles. The maximum Gasteiger partial charge on any atom is 0.255 e. The number of anilines is 2. The van der Waals surface area contributed by atoms with Gasteiger partial charge in [0.15, 0.2) is 0 Å². The van der Waals surface area contributed by atoms with Crippen LogP contribution in [0.1, 0.15) is 23.2 Å². The molecule has 0 unspecified atom stereocenters. The van der Waals surface area contributed by atoms with Crippen molar-refractivity contribution in [2.24, 2.45) is 0 Å². The Morgan fingerprint density at radius 3 is 2.45 bits per heavy atom. The van der Waals surface area contributed by atoms with Crippen molar-refractivity contribution in [2.45, 2.75) is 12.8 Å². The molecule has 1 saturated heterocycles. The number of halogens is 1. The third-order valence-electron chi connectivity index (χ3n) is 3.64. The van der Waals surface area contributed by atoms with Crippen molar-refractivity contribution in [3.05, 3.63) is 57.7 Å². The summed E-state index contributed by atoms with van der Waals surface area (Å²) in [7, 11) is 0. The van der Waals surface area contributed by atoms with Gasteiger partial charge in [-0.05, 0) is 65.4 Å². The smallest absolute Gasteiger partial charge is 0.255 e. The topological polar surface area (TPSA) is 49.4 Å². The van der Waals surface area contributed by atoms with E-state index < -0.39 is 0 Å². The molecule has 1 aliphatic heterocycles. The largest absolute Gasteiger partial charge is 0.321 e. The predicted octanol–water partition coefficient (Wildman–Crippen LogP) is 3.67. The molecule has 1 heterocycles. The first-order valence-corrected chi connectivity index (χ1v) is 8.19. The molecule has 0 aliphatic carbocycles. The van der Waals surface area contributed by atoms with Gasteiger partial charge < -0.3 is 10.2 Å². The summed E-state index contributed by atoms with van der Waals surface area (Å²) in [5.41, 5.74) is 2.23. The minimum atomic E-state index is -0.150. The average molecular weight is 406 g/mol. The van der Waals surface area contributed by atoms with Crippen LogP contribution in [0.2, 0.25) is 0 Å². The molecule has 0 spiro atoms. The lowest BCUT2D eigenvalue weighted by atomic mass is 10.1. The molecule has 3 rings (SSSR count). The van der Waals surface area contributed by atoms with E-state index in [2.05, 4.69) is 27.9 Å². The molecule has 0 atom stereocenters. The molecule has 4 nitrogen and oxygen atoms in total. The summed E-state index contributed by atoms with van der Waals surface area (Å²) in [6.45, 7) is 0.757. The summed E-state index contributed by atoms with van der Waals surface area (Å²) in [6.07, 6.45) is 1.50. The zero-order chi connectivity index (χ0) is 15.5. The van der Waals surface area contributed by atoms with Crippen LogP contribution in [0.15, 0.2) is 48.5 Å². The first-order chi connectivity index (χ1) is 10.6. The third kappa shape index (κ3) is 3.14. The maximum atomic E-state index is 12.3. The molecule has 1 aliphatic rings. The van der Waals surface area contributed by atoms with E-state index in [0.29, 0.717) is 12.0 Å². The van der Waals surface area contributed by atoms with Crippen molar-refractivity contribution in [3.63, 3.8) is 0 Å². The summed E-state index contributed by atoms with van der Waals surface area (Å²) in [5.74, 6) is -0.000504. The van der Waals surface area contributed by atoms with Crippen LogP contribution in [0, 0.1) is 3.57 Å². The van der Waals surface area contributed by atoms with Gasteiger partial charge in [0.25, 0.3) is 5.91 Å². The second-order valence-electron chi connectivity index (χ2n) is 5.13. The molecule has 2 aromatic rings. The number of carbonyl (C=O) groups is 2. The second-order valence-corrected chi connectivity index (χ2v) is 6.29. The fourth-order valence-electron chi connectivity index (χ4n) is 2.47. The van der Waals surface area contributed by atoms with Crippen molar-refractivity contribution in [1.29, 1.82) is 0 Å². The van der Waals surface area contributed by atoms with Gasteiger partial charge in [-0.1, -0.05) is 12.1 Å². The lowest BCUT2D eigenvalue weighted by molar-refractivity contribution is -0.117. The van der Waals surface area contributed by atoms with Crippen molar-refractivity contribution in [2.75, 3.05) is 16.8 Å². The summed E-state index contributed by atoms with van der Waals surface area (Å²) < 4.78 is 0.993. The minimum Gasteiger partial charge on any atom is -0.321 e. The first-order valence-electron chi connectivity index (χ1n) is 7.11. The van der Waals surface area contributed by atoms with Crippen LogP contribution in [0.3, 0.4) is 0 Å². The van der Waals surface area contributed by atoms with Gasteiger partial charge in [-0.2, -0.15) is 0 Å². The number of benzene rings is 2. The number of nitrogens with zero attached hydrogens (tertiary/aromatic N) is 1. The van der Waals surface area contributed by atoms with E-state index in [1.54, 1.807) is 17.0 Å². The highest BCUT2D eigenvalue weighted by Gasteiger charge is 2.21. The van der Waals surface area contributed by atoms with Gasteiger partial charge in [0.1, 0.15) is 0 Å². The Morgan fingerprint density at radius 1 is 1.09 bits per heavy atom. The monoisotopic (exact) mass is 406 g/mol. The van der Waals surface area contributed by atoms with E-state index in [4.69, 9.17) is 0 Å². The molecule has 0 radical (unpaired) electrons. The summed E-state index contributed by atoms with van der Waals surface area (Å²) in [5, 5.41) is 2.90. The van der Waals surface area contributed by atoms with Crippen molar-refractivity contribution >= 4 is 45.8 Å². The molecule has 0 bridgehead atoms. The summed E-state index contributed by atoms with van der Waals surface area (Å²) in [4.78, 5) is 25.8. The zero-order valence-corrected chi connectivity index (χ0v) is 14.0. The van der Waals surface area contributed by atoms with E-state index in [1.165, 1.54) is 0 Å². The van der Waals surface area contributed by atoms with Gasteiger partial charge in [0, 0.05) is 27.8 Å². The lowest BCUT2D eigenvalue weighted by Gasteiger charge is -2.16. The molecule has 0 aromatic heterocycles. The quantitative estimate of drug-likeness (QED) is 0.791. The van der Waals surface area contributed by atoms with Gasteiger partial charge in [0.2, 0.25) is 5.91 Å². The van der Waals surface area contributed by atoms with Crippen LogP contribution in [-0.4, -0.2) is 18.4 Å². The van der Waals surface area contributed by atoms with Gasteiger partial charge in [0.05, 0.1) is 5.69 Å². The Balaban J connectivity index is 1.74. The molecule has 1 fully saturated rings. The normalized spacial score (nSPS) is 14.2. The van der Waals surface area contributed by atoms with E-state index >= 15 is 0 Å². The molecule has 2 amide bonds. The number of rotatable bonds is 3. The number of nitrogens with one attached hydrogen (secondary N) is 1. The number of hydrogen-bond acceptors (Lipinski definition) is 2. The van der Waals surface area contributed by atoms with Gasteiger partial charge in [-0.15, -0.1) is 0 Å². The number of para-hydroxylation sites is 1.